The molecule has 0 bridgehead atoms. The van der Waals surface area contributed by atoms with Crippen LogP contribution >= 0.6 is 11.6 Å². The molecule has 3 heteroatoms. The fraction of sp³-hybridized carbons (Fsp3) is 0.174. The van der Waals surface area contributed by atoms with E-state index in [0.717, 1.165) is 42.3 Å². The maximum Gasteiger partial charge on any atom is 0.0705 e. The molecule has 4 rings (SSSR count). The number of halogens is 1. The van der Waals surface area contributed by atoms with Gasteiger partial charge in [0.1, 0.15) is 0 Å². The predicted molar refractivity (Wildman–Crippen MR) is 109 cm³/mol. The van der Waals surface area contributed by atoms with Gasteiger partial charge >= 0.3 is 0 Å². The molecule has 0 saturated heterocycles. The first-order valence-electron chi connectivity index (χ1n) is 8.95. The summed E-state index contributed by atoms with van der Waals surface area (Å²) in [6, 6.07) is 22.8. The molecule has 0 unspecified atom stereocenters. The highest BCUT2D eigenvalue weighted by atomic mass is 35.5. The van der Waals surface area contributed by atoms with Crippen LogP contribution in [-0.4, -0.2) is 23.0 Å². The summed E-state index contributed by atoms with van der Waals surface area (Å²) in [4.78, 5) is 6.99. The van der Waals surface area contributed by atoms with Crippen molar-refractivity contribution in [2.75, 3.05) is 13.1 Å². The third-order valence-corrected chi connectivity index (χ3v) is 5.06. The van der Waals surface area contributed by atoms with Gasteiger partial charge in [0, 0.05) is 36.4 Å². The van der Waals surface area contributed by atoms with Crippen LogP contribution in [0.15, 0.2) is 79.0 Å². The summed E-state index contributed by atoms with van der Waals surface area (Å²) in [6.07, 6.45) is 5.35. The van der Waals surface area contributed by atoms with E-state index < -0.39 is 0 Å². The Kier molecular flexibility index (Phi) is 5.14. The maximum atomic E-state index is 5.98. The second-order valence-corrected chi connectivity index (χ2v) is 7.07. The first-order chi connectivity index (χ1) is 12.8. The van der Waals surface area contributed by atoms with Crippen LogP contribution in [0, 0.1) is 0 Å². The van der Waals surface area contributed by atoms with Crippen LogP contribution in [0.3, 0.4) is 0 Å². The average molecular weight is 361 g/mol. The van der Waals surface area contributed by atoms with Gasteiger partial charge in [-0.2, -0.15) is 0 Å². The summed E-state index contributed by atoms with van der Waals surface area (Å²) in [7, 11) is 0. The maximum absolute atomic E-state index is 5.98. The zero-order valence-electron chi connectivity index (χ0n) is 14.6. The van der Waals surface area contributed by atoms with Crippen molar-refractivity contribution in [3.05, 3.63) is 95.2 Å². The first-order valence-corrected chi connectivity index (χ1v) is 9.33. The Bertz CT molecular complexity index is 901. The van der Waals surface area contributed by atoms with Crippen molar-refractivity contribution in [3.63, 3.8) is 0 Å². The largest absolute Gasteiger partial charge is 0.295 e. The normalized spacial score (nSPS) is 14.9. The summed E-state index contributed by atoms with van der Waals surface area (Å²) in [5, 5.41) is 0.749. The lowest BCUT2D eigenvalue weighted by Gasteiger charge is -2.26. The van der Waals surface area contributed by atoms with Gasteiger partial charge in [-0.1, -0.05) is 60.1 Å². The van der Waals surface area contributed by atoms with Crippen molar-refractivity contribution >= 4 is 17.2 Å². The van der Waals surface area contributed by atoms with Crippen molar-refractivity contribution in [1.29, 1.82) is 0 Å². The van der Waals surface area contributed by atoms with E-state index in [9.17, 15) is 0 Å². The molecule has 0 N–H and O–H groups in total. The number of hydrogen-bond acceptors (Lipinski definition) is 2. The van der Waals surface area contributed by atoms with Gasteiger partial charge in [0.25, 0.3) is 0 Å². The minimum Gasteiger partial charge on any atom is -0.295 e. The molecule has 1 aliphatic rings. The second-order valence-electron chi connectivity index (χ2n) is 6.64. The van der Waals surface area contributed by atoms with Gasteiger partial charge in [0.05, 0.1) is 5.69 Å². The Labute approximate surface area is 159 Å². The van der Waals surface area contributed by atoms with Crippen molar-refractivity contribution in [1.82, 2.24) is 9.88 Å². The first kappa shape index (κ1) is 17.0. The fourth-order valence-corrected chi connectivity index (χ4v) is 3.50. The molecular formula is C23H21ClN2. The topological polar surface area (TPSA) is 16.1 Å². The SMILES string of the molecule is Clc1ccc(-c2cc(CN3CC=C(c4ccccc4)CC3)ccn2)cc1. The molecule has 1 aliphatic heterocycles. The van der Waals surface area contributed by atoms with Crippen LogP contribution in [0.1, 0.15) is 17.5 Å². The van der Waals surface area contributed by atoms with E-state index in [1.807, 2.05) is 30.5 Å². The van der Waals surface area contributed by atoms with E-state index in [0.29, 0.717) is 0 Å². The summed E-state index contributed by atoms with van der Waals surface area (Å²) in [6.45, 7) is 3.02. The summed E-state index contributed by atoms with van der Waals surface area (Å²) >= 11 is 5.98. The number of nitrogens with zero attached hydrogens (tertiary/aromatic N) is 2. The lowest BCUT2D eigenvalue weighted by Crippen LogP contribution is -2.28. The summed E-state index contributed by atoms with van der Waals surface area (Å²) in [5.41, 5.74) is 6.19. The fourth-order valence-electron chi connectivity index (χ4n) is 3.38. The van der Waals surface area contributed by atoms with Crippen molar-refractivity contribution in [2.45, 2.75) is 13.0 Å². The number of pyridine rings is 1. The highest BCUT2D eigenvalue weighted by molar-refractivity contribution is 6.30. The molecule has 2 heterocycles. The molecule has 3 aromatic rings. The third-order valence-electron chi connectivity index (χ3n) is 4.81. The zero-order chi connectivity index (χ0) is 17.8. The van der Waals surface area contributed by atoms with E-state index >= 15 is 0 Å². The number of aromatic nitrogens is 1. The Balaban J connectivity index is 1.45. The second kappa shape index (κ2) is 7.86. The number of rotatable bonds is 4. The average Bonchev–Trinajstić information content (AvgIpc) is 2.70. The monoisotopic (exact) mass is 360 g/mol. The van der Waals surface area contributed by atoms with Crippen LogP contribution < -0.4 is 0 Å². The molecule has 26 heavy (non-hydrogen) atoms. The lowest BCUT2D eigenvalue weighted by molar-refractivity contribution is 0.294. The van der Waals surface area contributed by atoms with Crippen LogP contribution in [0.5, 0.6) is 0 Å². The standard InChI is InChI=1S/C23H21ClN2/c24-22-8-6-21(7-9-22)23-16-18(10-13-25-23)17-26-14-11-20(12-15-26)19-4-2-1-3-5-19/h1-11,13,16H,12,14-15,17H2. The third kappa shape index (κ3) is 4.04. The van der Waals surface area contributed by atoms with E-state index in [4.69, 9.17) is 11.6 Å². The van der Waals surface area contributed by atoms with Crippen LogP contribution in [0.4, 0.5) is 0 Å². The molecule has 0 fully saturated rings. The van der Waals surface area contributed by atoms with Gasteiger partial charge in [-0.15, -0.1) is 0 Å². The number of benzene rings is 2. The minimum absolute atomic E-state index is 0.749. The Morgan fingerprint density at radius 3 is 2.46 bits per heavy atom. The Morgan fingerprint density at radius 1 is 0.923 bits per heavy atom. The van der Waals surface area contributed by atoms with Crippen molar-refractivity contribution < 1.29 is 0 Å². The summed E-state index contributed by atoms with van der Waals surface area (Å²) < 4.78 is 0. The van der Waals surface area contributed by atoms with Crippen molar-refractivity contribution in [3.8, 4) is 11.3 Å². The molecule has 0 amide bonds. The Hall–Kier alpha value is -2.42. The van der Waals surface area contributed by atoms with Gasteiger partial charge in [-0.25, -0.2) is 0 Å². The van der Waals surface area contributed by atoms with E-state index in [1.54, 1.807) is 0 Å². The Morgan fingerprint density at radius 2 is 1.73 bits per heavy atom. The zero-order valence-corrected chi connectivity index (χ0v) is 15.4. The van der Waals surface area contributed by atoms with E-state index in [-0.39, 0.29) is 0 Å². The van der Waals surface area contributed by atoms with Gasteiger partial charge < -0.3 is 0 Å². The smallest absolute Gasteiger partial charge is 0.0705 e. The van der Waals surface area contributed by atoms with Gasteiger partial charge in [0.2, 0.25) is 0 Å². The quantitative estimate of drug-likeness (QED) is 0.594. The molecule has 0 spiro atoms. The van der Waals surface area contributed by atoms with Crippen LogP contribution in [0.2, 0.25) is 5.02 Å². The molecular weight excluding hydrogens is 340 g/mol. The molecule has 130 valence electrons. The molecule has 0 aliphatic carbocycles. The lowest BCUT2D eigenvalue weighted by atomic mass is 9.99. The van der Waals surface area contributed by atoms with E-state index in [2.05, 4.69) is 58.4 Å². The molecule has 1 aromatic heterocycles. The molecule has 0 radical (unpaired) electrons. The molecule has 2 aromatic carbocycles. The number of hydrogen-bond donors (Lipinski definition) is 0. The predicted octanol–water partition coefficient (Wildman–Crippen LogP) is 5.69. The van der Waals surface area contributed by atoms with Gasteiger partial charge in [0.15, 0.2) is 0 Å². The van der Waals surface area contributed by atoms with Crippen LogP contribution in [-0.2, 0) is 6.54 Å². The summed E-state index contributed by atoms with van der Waals surface area (Å²) in [5.74, 6) is 0. The van der Waals surface area contributed by atoms with Gasteiger partial charge in [-0.05, 0) is 47.4 Å². The van der Waals surface area contributed by atoms with E-state index in [1.165, 1.54) is 16.7 Å². The molecule has 2 nitrogen and oxygen atoms in total. The van der Waals surface area contributed by atoms with Crippen molar-refractivity contribution in [2.24, 2.45) is 0 Å². The van der Waals surface area contributed by atoms with Gasteiger partial charge in [-0.3, -0.25) is 9.88 Å². The molecule has 0 saturated carbocycles. The van der Waals surface area contributed by atoms with Crippen LogP contribution in [0.25, 0.3) is 16.8 Å². The highest BCUT2D eigenvalue weighted by Crippen LogP contribution is 2.24. The minimum atomic E-state index is 0.749. The molecule has 0 atom stereocenters. The highest BCUT2D eigenvalue weighted by Gasteiger charge is 2.13.